The van der Waals surface area contributed by atoms with Crippen molar-refractivity contribution in [3.05, 3.63) is 17.6 Å². The Kier molecular flexibility index (Phi) is 5.91. The number of hydrogen-bond acceptors (Lipinski definition) is 4. The SMILES string of the molecule is CCNc1cc(CC)nc(C(CC)OCC)n1. The molecule has 96 valence electrons. The maximum absolute atomic E-state index is 5.66. The molecule has 1 unspecified atom stereocenters. The average molecular weight is 237 g/mol. The van der Waals surface area contributed by atoms with Gasteiger partial charge in [0.2, 0.25) is 0 Å². The third-order valence-electron chi connectivity index (χ3n) is 2.54. The van der Waals surface area contributed by atoms with Crippen molar-refractivity contribution < 1.29 is 4.74 Å². The summed E-state index contributed by atoms with van der Waals surface area (Å²) in [6.07, 6.45) is 1.81. The first-order valence-corrected chi connectivity index (χ1v) is 6.48. The smallest absolute Gasteiger partial charge is 0.159 e. The van der Waals surface area contributed by atoms with E-state index in [0.717, 1.165) is 36.7 Å². The Labute approximate surface area is 104 Å². The summed E-state index contributed by atoms with van der Waals surface area (Å²) >= 11 is 0. The fourth-order valence-corrected chi connectivity index (χ4v) is 1.69. The van der Waals surface area contributed by atoms with E-state index in [9.17, 15) is 0 Å². The van der Waals surface area contributed by atoms with E-state index in [2.05, 4.69) is 36.1 Å². The van der Waals surface area contributed by atoms with Crippen LogP contribution in [-0.4, -0.2) is 23.1 Å². The second-order valence-corrected chi connectivity index (χ2v) is 3.84. The molecule has 0 spiro atoms. The van der Waals surface area contributed by atoms with Crippen LogP contribution in [0, 0.1) is 0 Å². The van der Waals surface area contributed by atoms with Crippen LogP contribution in [0.5, 0.6) is 0 Å². The summed E-state index contributed by atoms with van der Waals surface area (Å²) in [5, 5.41) is 3.24. The molecule has 0 aliphatic rings. The van der Waals surface area contributed by atoms with Gasteiger partial charge >= 0.3 is 0 Å². The number of nitrogens with one attached hydrogen (secondary N) is 1. The fourth-order valence-electron chi connectivity index (χ4n) is 1.69. The van der Waals surface area contributed by atoms with E-state index in [0.29, 0.717) is 6.61 Å². The van der Waals surface area contributed by atoms with E-state index >= 15 is 0 Å². The lowest BCUT2D eigenvalue weighted by atomic mass is 10.2. The molecule has 0 radical (unpaired) electrons. The molecule has 4 nitrogen and oxygen atoms in total. The van der Waals surface area contributed by atoms with Crippen molar-refractivity contribution in [2.24, 2.45) is 0 Å². The predicted molar refractivity (Wildman–Crippen MR) is 70.2 cm³/mol. The minimum atomic E-state index is 0.00362. The summed E-state index contributed by atoms with van der Waals surface area (Å²) in [6, 6.07) is 2.01. The molecule has 4 heteroatoms. The number of anilines is 1. The molecule has 1 aromatic rings. The van der Waals surface area contributed by atoms with Gasteiger partial charge in [0.25, 0.3) is 0 Å². The van der Waals surface area contributed by atoms with Crippen LogP contribution in [0.1, 0.15) is 51.7 Å². The van der Waals surface area contributed by atoms with Crippen LogP contribution in [-0.2, 0) is 11.2 Å². The van der Waals surface area contributed by atoms with Crippen LogP contribution in [0.2, 0.25) is 0 Å². The summed E-state index contributed by atoms with van der Waals surface area (Å²) in [4.78, 5) is 9.06. The van der Waals surface area contributed by atoms with E-state index in [4.69, 9.17) is 4.74 Å². The van der Waals surface area contributed by atoms with Gasteiger partial charge in [0.15, 0.2) is 5.82 Å². The van der Waals surface area contributed by atoms with Gasteiger partial charge in [-0.15, -0.1) is 0 Å². The molecule has 0 saturated heterocycles. The van der Waals surface area contributed by atoms with Gasteiger partial charge in [-0.3, -0.25) is 0 Å². The monoisotopic (exact) mass is 237 g/mol. The largest absolute Gasteiger partial charge is 0.371 e. The molecule has 0 amide bonds. The van der Waals surface area contributed by atoms with Crippen LogP contribution in [0.3, 0.4) is 0 Å². The number of nitrogens with zero attached hydrogens (tertiary/aromatic N) is 2. The Morgan fingerprint density at radius 1 is 1.24 bits per heavy atom. The van der Waals surface area contributed by atoms with Crippen molar-refractivity contribution in [1.82, 2.24) is 9.97 Å². The highest BCUT2D eigenvalue weighted by Gasteiger charge is 2.14. The van der Waals surface area contributed by atoms with Gasteiger partial charge in [-0.05, 0) is 26.7 Å². The highest BCUT2D eigenvalue weighted by atomic mass is 16.5. The van der Waals surface area contributed by atoms with Gasteiger partial charge in [-0.1, -0.05) is 13.8 Å². The van der Waals surface area contributed by atoms with Crippen LogP contribution in [0.4, 0.5) is 5.82 Å². The molecular weight excluding hydrogens is 214 g/mol. The molecule has 1 aromatic heterocycles. The van der Waals surface area contributed by atoms with E-state index in [-0.39, 0.29) is 6.10 Å². The lowest BCUT2D eigenvalue weighted by Crippen LogP contribution is -2.12. The summed E-state index contributed by atoms with van der Waals surface area (Å²) in [6.45, 7) is 9.81. The number of ether oxygens (including phenoxy) is 1. The van der Waals surface area contributed by atoms with Crippen LogP contribution in [0.25, 0.3) is 0 Å². The first kappa shape index (κ1) is 13.9. The van der Waals surface area contributed by atoms with Crippen molar-refractivity contribution in [3.63, 3.8) is 0 Å². The zero-order valence-electron chi connectivity index (χ0n) is 11.3. The second-order valence-electron chi connectivity index (χ2n) is 3.84. The van der Waals surface area contributed by atoms with Gasteiger partial charge in [0.05, 0.1) is 0 Å². The lowest BCUT2D eigenvalue weighted by molar-refractivity contribution is 0.0534. The van der Waals surface area contributed by atoms with Gasteiger partial charge < -0.3 is 10.1 Å². The first-order chi connectivity index (χ1) is 8.24. The Morgan fingerprint density at radius 3 is 2.53 bits per heavy atom. The molecule has 0 fully saturated rings. The Hall–Kier alpha value is -1.16. The normalized spacial score (nSPS) is 12.5. The second kappa shape index (κ2) is 7.22. The molecule has 17 heavy (non-hydrogen) atoms. The zero-order chi connectivity index (χ0) is 12.7. The Morgan fingerprint density at radius 2 is 2.00 bits per heavy atom. The van der Waals surface area contributed by atoms with E-state index in [1.807, 2.05) is 13.0 Å². The van der Waals surface area contributed by atoms with E-state index in [1.165, 1.54) is 0 Å². The van der Waals surface area contributed by atoms with Crippen molar-refractivity contribution in [2.75, 3.05) is 18.5 Å². The van der Waals surface area contributed by atoms with Crippen molar-refractivity contribution >= 4 is 5.82 Å². The van der Waals surface area contributed by atoms with E-state index in [1.54, 1.807) is 0 Å². The maximum atomic E-state index is 5.66. The molecule has 0 aliphatic heterocycles. The maximum Gasteiger partial charge on any atom is 0.159 e. The number of aryl methyl sites for hydroxylation is 1. The highest BCUT2D eigenvalue weighted by Crippen LogP contribution is 2.19. The van der Waals surface area contributed by atoms with Gasteiger partial charge in [0, 0.05) is 24.9 Å². The van der Waals surface area contributed by atoms with Gasteiger partial charge in [-0.2, -0.15) is 0 Å². The van der Waals surface area contributed by atoms with Crippen LogP contribution in [0.15, 0.2) is 6.07 Å². The standard InChI is InChI=1S/C13H23N3O/c1-5-10-9-12(14-7-3)16-13(15-10)11(6-2)17-8-4/h9,11H,5-8H2,1-4H3,(H,14,15,16). The molecule has 0 aromatic carbocycles. The number of hydrogen-bond donors (Lipinski definition) is 1. The van der Waals surface area contributed by atoms with Gasteiger partial charge in [0.1, 0.15) is 11.9 Å². The highest BCUT2D eigenvalue weighted by molar-refractivity contribution is 5.36. The van der Waals surface area contributed by atoms with Crippen LogP contribution >= 0.6 is 0 Å². The minimum Gasteiger partial charge on any atom is -0.371 e. The average Bonchev–Trinajstić information content (AvgIpc) is 2.35. The number of aromatic nitrogens is 2. The first-order valence-electron chi connectivity index (χ1n) is 6.48. The van der Waals surface area contributed by atoms with Gasteiger partial charge in [-0.25, -0.2) is 9.97 Å². The Bertz CT molecular complexity index is 341. The van der Waals surface area contributed by atoms with E-state index < -0.39 is 0 Å². The zero-order valence-corrected chi connectivity index (χ0v) is 11.3. The molecule has 0 bridgehead atoms. The summed E-state index contributed by atoms with van der Waals surface area (Å²) < 4.78 is 5.66. The third-order valence-corrected chi connectivity index (χ3v) is 2.54. The van der Waals surface area contributed by atoms with Crippen molar-refractivity contribution in [3.8, 4) is 0 Å². The molecule has 1 N–H and O–H groups in total. The predicted octanol–water partition coefficient (Wildman–Crippen LogP) is 2.96. The molecule has 0 saturated carbocycles. The van der Waals surface area contributed by atoms with Crippen molar-refractivity contribution in [2.45, 2.75) is 46.6 Å². The fraction of sp³-hybridized carbons (Fsp3) is 0.692. The topological polar surface area (TPSA) is 47.0 Å². The van der Waals surface area contributed by atoms with Crippen LogP contribution < -0.4 is 5.32 Å². The molecule has 1 rings (SSSR count). The third kappa shape index (κ3) is 3.97. The minimum absolute atomic E-state index is 0.00362. The molecule has 1 atom stereocenters. The number of rotatable bonds is 7. The summed E-state index contributed by atoms with van der Waals surface area (Å²) in [7, 11) is 0. The summed E-state index contributed by atoms with van der Waals surface area (Å²) in [5.74, 6) is 1.69. The molecule has 1 heterocycles. The molecule has 0 aliphatic carbocycles. The Balaban J connectivity index is 2.99. The summed E-state index contributed by atoms with van der Waals surface area (Å²) in [5.41, 5.74) is 1.06. The molecular formula is C13H23N3O. The quantitative estimate of drug-likeness (QED) is 0.792. The van der Waals surface area contributed by atoms with Crippen molar-refractivity contribution in [1.29, 1.82) is 0 Å². The lowest BCUT2D eigenvalue weighted by Gasteiger charge is -2.15.